The molecule has 7 nitrogen and oxygen atoms in total. The molecular formula is C30H26O7. The number of benzene rings is 4. The third kappa shape index (κ3) is 6.79. The summed E-state index contributed by atoms with van der Waals surface area (Å²) in [6.45, 7) is 0. The van der Waals surface area contributed by atoms with Gasteiger partial charge in [-0.05, 0) is 32.7 Å². The molecule has 7 heteroatoms. The largest absolute Gasteiger partial charge is 0.481 e. The number of carboxylic acid groups (broad SMARTS) is 2. The number of fused-ring (bicyclic) bond motifs is 2. The third-order valence-electron chi connectivity index (χ3n) is 6.39. The highest BCUT2D eigenvalue weighted by atomic mass is 16.6. The summed E-state index contributed by atoms with van der Waals surface area (Å²) in [4.78, 5) is 48.2. The van der Waals surface area contributed by atoms with Crippen LogP contribution in [-0.4, -0.2) is 34.1 Å². The molecule has 0 amide bonds. The van der Waals surface area contributed by atoms with Gasteiger partial charge in [0.2, 0.25) is 0 Å². The molecule has 0 aliphatic rings. The lowest BCUT2D eigenvalue weighted by atomic mass is 9.90. The highest BCUT2D eigenvalue weighted by Gasteiger charge is 2.25. The summed E-state index contributed by atoms with van der Waals surface area (Å²) in [5, 5.41) is 22.5. The van der Waals surface area contributed by atoms with Crippen LogP contribution in [0.5, 0.6) is 0 Å². The van der Waals surface area contributed by atoms with Gasteiger partial charge in [0, 0.05) is 11.8 Å². The lowest BCUT2D eigenvalue weighted by Crippen LogP contribution is -2.19. The summed E-state index contributed by atoms with van der Waals surface area (Å²) in [6.07, 6.45) is -1.20. The Morgan fingerprint density at radius 2 is 0.919 bits per heavy atom. The molecule has 4 aromatic rings. The number of carboxylic acids is 2. The second kappa shape index (κ2) is 11.5. The van der Waals surface area contributed by atoms with Gasteiger partial charge in [0.25, 0.3) is 0 Å². The number of aliphatic carboxylic acids is 2. The van der Waals surface area contributed by atoms with Crippen LogP contribution in [0.4, 0.5) is 0 Å². The number of hydrogen-bond donors (Lipinski definition) is 2. The summed E-state index contributed by atoms with van der Waals surface area (Å²) >= 11 is 0. The molecule has 0 spiro atoms. The summed E-state index contributed by atoms with van der Waals surface area (Å²) in [5.41, 5.74) is 1.32. The number of carbonyl (C=O) groups is 4. The second-order valence-corrected chi connectivity index (χ2v) is 9.06. The Bertz CT molecular complexity index is 1360. The molecule has 0 aliphatic heterocycles. The van der Waals surface area contributed by atoms with Gasteiger partial charge in [0.15, 0.2) is 0 Å². The van der Waals surface area contributed by atoms with Crippen LogP contribution < -0.4 is 0 Å². The van der Waals surface area contributed by atoms with Crippen molar-refractivity contribution in [2.45, 2.75) is 37.5 Å². The van der Waals surface area contributed by atoms with Gasteiger partial charge >= 0.3 is 23.9 Å². The van der Waals surface area contributed by atoms with Crippen molar-refractivity contribution in [3.05, 3.63) is 96.1 Å². The molecule has 0 aliphatic carbocycles. The number of ether oxygens (including phenoxy) is 1. The van der Waals surface area contributed by atoms with Crippen molar-refractivity contribution >= 4 is 45.4 Å². The molecule has 2 N–H and O–H groups in total. The quantitative estimate of drug-likeness (QED) is 0.214. The zero-order chi connectivity index (χ0) is 26.4. The maximum Gasteiger partial charge on any atom is 0.314 e. The molecule has 4 rings (SSSR count). The van der Waals surface area contributed by atoms with E-state index in [1.54, 1.807) is 12.1 Å². The van der Waals surface area contributed by atoms with E-state index in [0.29, 0.717) is 11.1 Å². The van der Waals surface area contributed by atoms with Crippen molar-refractivity contribution in [1.82, 2.24) is 0 Å². The normalized spacial score (nSPS) is 12.6. The van der Waals surface area contributed by atoms with Crippen molar-refractivity contribution < 1.29 is 34.1 Å². The van der Waals surface area contributed by atoms with E-state index in [1.807, 2.05) is 72.8 Å². The highest BCUT2D eigenvalue weighted by molar-refractivity contribution is 5.88. The zero-order valence-corrected chi connectivity index (χ0v) is 20.0. The zero-order valence-electron chi connectivity index (χ0n) is 20.0. The first-order chi connectivity index (χ1) is 17.8. The maximum absolute atomic E-state index is 12.6. The Morgan fingerprint density at radius 1 is 0.541 bits per heavy atom. The number of carbonyl (C=O) groups excluding carboxylic acids is 2. The van der Waals surface area contributed by atoms with E-state index in [9.17, 15) is 29.4 Å². The molecule has 0 bridgehead atoms. The van der Waals surface area contributed by atoms with Crippen molar-refractivity contribution in [3.63, 3.8) is 0 Å². The van der Waals surface area contributed by atoms with Gasteiger partial charge in [0.05, 0.1) is 25.7 Å². The standard InChI is InChI=1S/C30H26O7/c31-27(32)15-25(23-11-9-19-5-1-3-7-21(19)13-23)17-29(35)37-30(36)18-26(16-28(33)34)24-12-10-20-6-2-4-8-22(20)14-24/h1-14,25-26H,15-18H2,(H,31,32)(H,33,34). The van der Waals surface area contributed by atoms with Crippen LogP contribution in [0.2, 0.25) is 0 Å². The molecule has 37 heavy (non-hydrogen) atoms. The van der Waals surface area contributed by atoms with E-state index >= 15 is 0 Å². The van der Waals surface area contributed by atoms with Crippen LogP contribution in [0, 0.1) is 0 Å². The number of hydrogen-bond acceptors (Lipinski definition) is 5. The SMILES string of the molecule is O=C(O)CC(CC(=O)OC(=O)CC(CC(=O)O)c1ccc2ccccc2c1)c1ccc2ccccc2c1. The first-order valence-electron chi connectivity index (χ1n) is 11.9. The van der Waals surface area contributed by atoms with Crippen molar-refractivity contribution in [3.8, 4) is 0 Å². The Morgan fingerprint density at radius 3 is 1.30 bits per heavy atom. The van der Waals surface area contributed by atoms with Crippen LogP contribution in [-0.2, 0) is 23.9 Å². The molecule has 0 fully saturated rings. The molecule has 2 atom stereocenters. The van der Waals surface area contributed by atoms with Gasteiger partial charge in [-0.15, -0.1) is 0 Å². The van der Waals surface area contributed by atoms with E-state index in [0.717, 1.165) is 21.5 Å². The Hall–Kier alpha value is -4.52. The predicted octanol–water partition coefficient (Wildman–Crippen LogP) is 5.66. The first kappa shape index (κ1) is 25.6. The van der Waals surface area contributed by atoms with Crippen molar-refractivity contribution in [2.75, 3.05) is 0 Å². The second-order valence-electron chi connectivity index (χ2n) is 9.06. The number of esters is 2. The Labute approximate surface area is 213 Å². The van der Waals surface area contributed by atoms with Gasteiger partial charge in [-0.2, -0.15) is 0 Å². The lowest BCUT2D eigenvalue weighted by Gasteiger charge is -2.17. The van der Waals surface area contributed by atoms with Crippen molar-refractivity contribution in [2.24, 2.45) is 0 Å². The van der Waals surface area contributed by atoms with E-state index < -0.39 is 35.7 Å². The molecule has 188 valence electrons. The van der Waals surface area contributed by atoms with Gasteiger partial charge < -0.3 is 14.9 Å². The first-order valence-corrected chi connectivity index (χ1v) is 11.9. The number of rotatable bonds is 10. The molecule has 0 saturated heterocycles. The predicted molar refractivity (Wildman–Crippen MR) is 138 cm³/mol. The molecule has 0 aromatic heterocycles. The fraction of sp³-hybridized carbons (Fsp3) is 0.200. The minimum atomic E-state index is -1.07. The van der Waals surface area contributed by atoms with Gasteiger partial charge in [-0.3, -0.25) is 19.2 Å². The average Bonchev–Trinajstić information content (AvgIpc) is 2.86. The van der Waals surface area contributed by atoms with Crippen LogP contribution in [0.25, 0.3) is 21.5 Å². The third-order valence-corrected chi connectivity index (χ3v) is 6.39. The van der Waals surface area contributed by atoms with Gasteiger partial charge in [-0.1, -0.05) is 84.9 Å². The molecule has 4 aromatic carbocycles. The molecule has 0 heterocycles. The van der Waals surface area contributed by atoms with Crippen LogP contribution >= 0.6 is 0 Å². The minimum Gasteiger partial charge on any atom is -0.481 e. The Balaban J connectivity index is 1.46. The lowest BCUT2D eigenvalue weighted by molar-refractivity contribution is -0.160. The van der Waals surface area contributed by atoms with Gasteiger partial charge in [0.1, 0.15) is 0 Å². The van der Waals surface area contributed by atoms with Crippen molar-refractivity contribution in [1.29, 1.82) is 0 Å². The maximum atomic E-state index is 12.6. The summed E-state index contributed by atoms with van der Waals surface area (Å²) in [7, 11) is 0. The monoisotopic (exact) mass is 498 g/mol. The summed E-state index contributed by atoms with van der Waals surface area (Å²) < 4.78 is 5.03. The van der Waals surface area contributed by atoms with Crippen LogP contribution in [0.1, 0.15) is 48.6 Å². The topological polar surface area (TPSA) is 118 Å². The fourth-order valence-electron chi connectivity index (χ4n) is 4.57. The highest BCUT2D eigenvalue weighted by Crippen LogP contribution is 2.30. The fourth-order valence-corrected chi connectivity index (χ4v) is 4.57. The average molecular weight is 499 g/mol. The van der Waals surface area contributed by atoms with E-state index in [2.05, 4.69) is 0 Å². The van der Waals surface area contributed by atoms with E-state index in [-0.39, 0.29) is 25.7 Å². The minimum absolute atomic E-state index is 0.296. The van der Waals surface area contributed by atoms with E-state index in [4.69, 9.17) is 4.74 Å². The molecule has 2 unspecified atom stereocenters. The Kier molecular flexibility index (Phi) is 7.93. The van der Waals surface area contributed by atoms with E-state index in [1.165, 1.54) is 0 Å². The summed E-state index contributed by atoms with van der Waals surface area (Å²) in [6, 6.07) is 26.1. The van der Waals surface area contributed by atoms with Crippen LogP contribution in [0.15, 0.2) is 84.9 Å². The smallest absolute Gasteiger partial charge is 0.314 e. The molecular weight excluding hydrogens is 472 g/mol. The summed E-state index contributed by atoms with van der Waals surface area (Å²) in [5.74, 6) is -5.21. The molecule has 0 radical (unpaired) electrons. The molecule has 0 saturated carbocycles. The van der Waals surface area contributed by atoms with Gasteiger partial charge in [-0.25, -0.2) is 0 Å². The van der Waals surface area contributed by atoms with Crippen LogP contribution in [0.3, 0.4) is 0 Å².